The highest BCUT2D eigenvalue weighted by Gasteiger charge is 2.32. The number of carbonyl (C=O) groups excluding carboxylic acids is 2. The Balaban J connectivity index is 1.29. The average molecular weight is 485 g/mol. The van der Waals surface area contributed by atoms with Gasteiger partial charge in [-0.25, -0.2) is 0 Å². The highest BCUT2D eigenvalue weighted by molar-refractivity contribution is 5.97. The van der Waals surface area contributed by atoms with E-state index in [2.05, 4.69) is 33.9 Å². The number of rotatable bonds is 5. The van der Waals surface area contributed by atoms with Gasteiger partial charge in [0.2, 0.25) is 5.91 Å². The van der Waals surface area contributed by atoms with E-state index >= 15 is 0 Å². The van der Waals surface area contributed by atoms with Crippen molar-refractivity contribution in [1.29, 1.82) is 5.26 Å². The SMILES string of the molecule is Cn1cc(C2CCN(C(=O)C3CCC(O)CC3)CC2)c2cc(CC(=O)c3cc(C#N)ccn3)ccc21. The fourth-order valence-electron chi connectivity index (χ4n) is 5.83. The molecular weight excluding hydrogens is 452 g/mol. The zero-order chi connectivity index (χ0) is 25.2. The van der Waals surface area contributed by atoms with Crippen molar-refractivity contribution < 1.29 is 14.7 Å². The van der Waals surface area contributed by atoms with Crippen LogP contribution in [0.5, 0.6) is 0 Å². The van der Waals surface area contributed by atoms with Gasteiger partial charge < -0.3 is 14.6 Å². The third kappa shape index (κ3) is 4.91. The van der Waals surface area contributed by atoms with Crippen LogP contribution in [-0.4, -0.2) is 50.4 Å². The predicted molar refractivity (Wildman–Crippen MR) is 136 cm³/mol. The molecular formula is C29H32N4O3. The maximum Gasteiger partial charge on any atom is 0.225 e. The van der Waals surface area contributed by atoms with Gasteiger partial charge in [-0.05, 0) is 79.8 Å². The minimum absolute atomic E-state index is 0.0611. The summed E-state index contributed by atoms with van der Waals surface area (Å²) in [6, 6.07) is 11.4. The maximum atomic E-state index is 13.0. The maximum absolute atomic E-state index is 13.0. The van der Waals surface area contributed by atoms with Crippen molar-refractivity contribution in [2.75, 3.05) is 13.1 Å². The van der Waals surface area contributed by atoms with E-state index in [1.165, 1.54) is 11.8 Å². The molecule has 1 saturated carbocycles. The fraction of sp³-hybridized carbons (Fsp3) is 0.448. The van der Waals surface area contributed by atoms with Gasteiger partial charge >= 0.3 is 0 Å². The van der Waals surface area contributed by atoms with Crippen molar-refractivity contribution in [2.45, 2.75) is 57.0 Å². The van der Waals surface area contributed by atoms with Gasteiger partial charge in [0, 0.05) is 55.8 Å². The first-order valence-electron chi connectivity index (χ1n) is 12.9. The molecule has 1 aliphatic heterocycles. The molecule has 1 amide bonds. The Kier molecular flexibility index (Phi) is 6.88. The van der Waals surface area contributed by atoms with Crippen LogP contribution < -0.4 is 0 Å². The van der Waals surface area contributed by atoms with Gasteiger partial charge in [-0.3, -0.25) is 14.6 Å². The summed E-state index contributed by atoms with van der Waals surface area (Å²) >= 11 is 0. The Morgan fingerprint density at radius 2 is 1.83 bits per heavy atom. The molecule has 2 aromatic heterocycles. The summed E-state index contributed by atoms with van der Waals surface area (Å²) in [5.74, 6) is 0.580. The first-order chi connectivity index (χ1) is 17.4. The molecule has 36 heavy (non-hydrogen) atoms. The Bertz CT molecular complexity index is 1320. The number of nitrogens with zero attached hydrogens (tertiary/aromatic N) is 4. The summed E-state index contributed by atoms with van der Waals surface area (Å²) in [6.45, 7) is 1.52. The summed E-state index contributed by atoms with van der Waals surface area (Å²) in [5.41, 5.74) is 4.08. The van der Waals surface area contributed by atoms with Gasteiger partial charge in [0.15, 0.2) is 5.78 Å². The normalized spacial score (nSPS) is 20.9. The summed E-state index contributed by atoms with van der Waals surface area (Å²) in [7, 11) is 2.05. The van der Waals surface area contributed by atoms with Crippen molar-refractivity contribution >= 4 is 22.6 Å². The monoisotopic (exact) mass is 484 g/mol. The quantitative estimate of drug-likeness (QED) is 0.549. The predicted octanol–water partition coefficient (Wildman–Crippen LogP) is 4.13. The number of Topliss-reactive ketones (excluding diaryl/α,β-unsaturated/α-hetero) is 1. The molecule has 1 N–H and O–H groups in total. The minimum atomic E-state index is -0.245. The molecule has 3 aromatic rings. The number of likely N-dealkylation sites (tertiary alicyclic amines) is 1. The second-order valence-corrected chi connectivity index (χ2v) is 10.3. The number of nitriles is 1. The minimum Gasteiger partial charge on any atom is -0.393 e. The van der Waals surface area contributed by atoms with Crippen LogP contribution in [0.15, 0.2) is 42.7 Å². The van der Waals surface area contributed by atoms with E-state index in [-0.39, 0.29) is 30.1 Å². The largest absolute Gasteiger partial charge is 0.393 e. The number of hydrogen-bond donors (Lipinski definition) is 1. The lowest BCUT2D eigenvalue weighted by Crippen LogP contribution is -2.42. The second kappa shape index (κ2) is 10.2. The van der Waals surface area contributed by atoms with Crippen LogP contribution in [0, 0.1) is 17.2 Å². The Labute approximate surface area is 211 Å². The molecule has 2 fully saturated rings. The van der Waals surface area contributed by atoms with Gasteiger partial charge in [0.25, 0.3) is 0 Å². The standard InChI is InChI=1S/C29H32N4O3/c1-32-18-25(21-9-12-33(13-10-21)29(36)22-3-5-23(34)6-4-22)24-14-19(2-7-27(24)32)16-28(35)26-15-20(17-30)8-11-31-26/h2,7-8,11,14-15,18,21-23,34H,3-6,9-10,12-13,16H2,1H3. The lowest BCUT2D eigenvalue weighted by atomic mass is 9.84. The van der Waals surface area contributed by atoms with Crippen LogP contribution in [-0.2, 0) is 18.3 Å². The van der Waals surface area contributed by atoms with Gasteiger partial charge in [0.05, 0.1) is 17.7 Å². The van der Waals surface area contributed by atoms with Gasteiger partial charge in [-0.15, -0.1) is 0 Å². The van der Waals surface area contributed by atoms with Crippen LogP contribution in [0.4, 0.5) is 0 Å². The number of aliphatic hydroxyl groups excluding tert-OH is 1. The first-order valence-corrected chi connectivity index (χ1v) is 12.9. The molecule has 0 bridgehead atoms. The summed E-state index contributed by atoms with van der Waals surface area (Å²) in [5, 5.41) is 20.0. The van der Waals surface area contributed by atoms with Crippen molar-refractivity contribution in [3.8, 4) is 6.07 Å². The zero-order valence-electron chi connectivity index (χ0n) is 20.7. The Morgan fingerprint density at radius 1 is 1.08 bits per heavy atom. The highest BCUT2D eigenvalue weighted by Crippen LogP contribution is 2.36. The molecule has 1 saturated heterocycles. The van der Waals surface area contributed by atoms with Crippen molar-refractivity contribution in [3.05, 3.63) is 65.1 Å². The second-order valence-electron chi connectivity index (χ2n) is 10.3. The van der Waals surface area contributed by atoms with E-state index in [0.29, 0.717) is 17.2 Å². The summed E-state index contributed by atoms with van der Waals surface area (Å²) < 4.78 is 2.14. The zero-order valence-corrected chi connectivity index (χ0v) is 20.7. The number of fused-ring (bicyclic) bond motifs is 1. The first kappa shape index (κ1) is 24.2. The lowest BCUT2D eigenvalue weighted by molar-refractivity contribution is -0.138. The number of piperidine rings is 1. The Morgan fingerprint density at radius 3 is 2.56 bits per heavy atom. The van der Waals surface area contributed by atoms with Crippen molar-refractivity contribution in [3.63, 3.8) is 0 Å². The Hall–Kier alpha value is -3.50. The number of hydrogen-bond acceptors (Lipinski definition) is 5. The number of aliphatic hydroxyl groups is 1. The van der Waals surface area contributed by atoms with Gasteiger partial charge in [-0.1, -0.05) is 6.07 Å². The number of aryl methyl sites for hydroxylation is 1. The third-order valence-corrected chi connectivity index (χ3v) is 7.92. The summed E-state index contributed by atoms with van der Waals surface area (Å²) in [6.07, 6.45) is 8.57. The molecule has 3 heterocycles. The topological polar surface area (TPSA) is 99.2 Å². The van der Waals surface area contributed by atoms with E-state index in [9.17, 15) is 14.7 Å². The van der Waals surface area contributed by atoms with E-state index in [4.69, 9.17) is 5.26 Å². The molecule has 0 unspecified atom stereocenters. The summed E-state index contributed by atoms with van der Waals surface area (Å²) in [4.78, 5) is 32.0. The molecule has 5 rings (SSSR count). The fourth-order valence-corrected chi connectivity index (χ4v) is 5.83. The van der Waals surface area contributed by atoms with Gasteiger partial charge in [0.1, 0.15) is 5.69 Å². The number of aromatic nitrogens is 2. The smallest absolute Gasteiger partial charge is 0.225 e. The molecule has 7 heteroatoms. The van der Waals surface area contributed by atoms with Crippen LogP contribution in [0.3, 0.4) is 0 Å². The van der Waals surface area contributed by atoms with E-state index in [1.807, 2.05) is 18.0 Å². The molecule has 0 spiro atoms. The van der Waals surface area contributed by atoms with E-state index < -0.39 is 0 Å². The van der Waals surface area contributed by atoms with E-state index in [1.54, 1.807) is 12.1 Å². The van der Waals surface area contributed by atoms with Crippen LogP contribution in [0.25, 0.3) is 10.9 Å². The van der Waals surface area contributed by atoms with Crippen LogP contribution in [0.1, 0.15) is 71.6 Å². The van der Waals surface area contributed by atoms with Crippen LogP contribution in [0.2, 0.25) is 0 Å². The third-order valence-electron chi connectivity index (χ3n) is 7.92. The van der Waals surface area contributed by atoms with Gasteiger partial charge in [-0.2, -0.15) is 5.26 Å². The molecule has 7 nitrogen and oxygen atoms in total. The van der Waals surface area contributed by atoms with Crippen LogP contribution >= 0.6 is 0 Å². The van der Waals surface area contributed by atoms with E-state index in [0.717, 1.165) is 68.1 Å². The molecule has 1 aromatic carbocycles. The number of pyridine rings is 1. The lowest BCUT2D eigenvalue weighted by Gasteiger charge is -2.35. The molecule has 2 aliphatic rings. The number of carbonyl (C=O) groups is 2. The number of benzene rings is 1. The van der Waals surface area contributed by atoms with Crippen molar-refractivity contribution in [2.24, 2.45) is 13.0 Å². The average Bonchev–Trinajstić information content (AvgIpc) is 3.24. The number of ketones is 1. The highest BCUT2D eigenvalue weighted by atomic mass is 16.3. The molecule has 0 atom stereocenters. The number of amides is 1. The molecule has 1 aliphatic carbocycles. The molecule has 0 radical (unpaired) electrons. The van der Waals surface area contributed by atoms with Crippen molar-refractivity contribution in [1.82, 2.24) is 14.5 Å². The molecule has 186 valence electrons.